The highest BCUT2D eigenvalue weighted by Crippen LogP contribution is 2.31. The van der Waals surface area contributed by atoms with Gasteiger partial charge in [-0.2, -0.15) is 0 Å². The number of carbonyl (C=O) groups excluding carboxylic acids is 2. The summed E-state index contributed by atoms with van der Waals surface area (Å²) in [5.74, 6) is -1.03. The maximum absolute atomic E-state index is 12.0. The molecule has 0 aliphatic carbocycles. The third kappa shape index (κ3) is 3.57. The maximum atomic E-state index is 12.0. The molecule has 1 N–H and O–H groups in total. The van der Waals surface area contributed by atoms with Crippen molar-refractivity contribution in [2.75, 3.05) is 19.5 Å². The normalized spacial score (nSPS) is 10.5. The fraction of sp³-hybridized carbons (Fsp3) is 0.118. The number of benzene rings is 2. The van der Waals surface area contributed by atoms with Crippen LogP contribution < -0.4 is 5.32 Å². The van der Waals surface area contributed by atoms with E-state index in [-0.39, 0.29) is 5.56 Å². The lowest BCUT2D eigenvalue weighted by Gasteiger charge is -2.10. The van der Waals surface area contributed by atoms with Gasteiger partial charge in [-0.25, -0.2) is 14.6 Å². The summed E-state index contributed by atoms with van der Waals surface area (Å²) in [6.07, 6.45) is 0. The van der Waals surface area contributed by atoms with E-state index in [1.54, 1.807) is 6.07 Å². The van der Waals surface area contributed by atoms with E-state index < -0.39 is 11.9 Å². The molecule has 6 nitrogen and oxygen atoms in total. The summed E-state index contributed by atoms with van der Waals surface area (Å²) in [5, 5.41) is 4.25. The van der Waals surface area contributed by atoms with Crippen molar-refractivity contribution in [3.8, 4) is 0 Å². The van der Waals surface area contributed by atoms with Crippen LogP contribution in [-0.4, -0.2) is 31.1 Å². The van der Waals surface area contributed by atoms with Crippen LogP contribution in [0.5, 0.6) is 0 Å². The molecule has 0 aliphatic heterocycles. The fourth-order valence-corrected chi connectivity index (χ4v) is 3.40. The molecule has 0 saturated carbocycles. The molecule has 0 amide bonds. The molecule has 3 rings (SSSR count). The van der Waals surface area contributed by atoms with Crippen LogP contribution in [0.4, 0.5) is 10.8 Å². The number of anilines is 2. The van der Waals surface area contributed by atoms with Gasteiger partial charge in [0.25, 0.3) is 0 Å². The number of aromatic nitrogens is 1. The second-order valence-corrected chi connectivity index (χ2v) is 6.47. The Labute approximate surface area is 152 Å². The molecular formula is C17H13ClN2O4S. The molecule has 1 aromatic heterocycles. The summed E-state index contributed by atoms with van der Waals surface area (Å²) in [4.78, 5) is 28.2. The van der Waals surface area contributed by atoms with Gasteiger partial charge < -0.3 is 14.8 Å². The molecular weight excluding hydrogens is 364 g/mol. The van der Waals surface area contributed by atoms with E-state index in [4.69, 9.17) is 21.1 Å². The van der Waals surface area contributed by atoms with E-state index in [1.165, 1.54) is 43.8 Å². The lowest BCUT2D eigenvalue weighted by Crippen LogP contribution is -2.08. The van der Waals surface area contributed by atoms with Gasteiger partial charge in [-0.15, -0.1) is 0 Å². The number of hydrogen-bond acceptors (Lipinski definition) is 7. The largest absolute Gasteiger partial charge is 0.465 e. The molecule has 8 heteroatoms. The molecule has 0 radical (unpaired) electrons. The van der Waals surface area contributed by atoms with E-state index in [1.807, 2.05) is 12.1 Å². The Balaban J connectivity index is 2.03. The number of esters is 2. The number of thiazole rings is 1. The number of carbonyl (C=O) groups is 2. The predicted octanol–water partition coefficient (Wildman–Crippen LogP) is 4.27. The van der Waals surface area contributed by atoms with Gasteiger partial charge in [0, 0.05) is 5.02 Å². The lowest BCUT2D eigenvalue weighted by atomic mass is 10.1. The molecule has 0 bridgehead atoms. The minimum Gasteiger partial charge on any atom is -0.465 e. The first-order chi connectivity index (χ1) is 12.0. The van der Waals surface area contributed by atoms with Gasteiger partial charge in [0.1, 0.15) is 0 Å². The number of fused-ring (bicyclic) bond motifs is 1. The monoisotopic (exact) mass is 376 g/mol. The average molecular weight is 377 g/mol. The SMILES string of the molecule is COC(=O)c1ccc(C(=O)OC)c(Nc2nc3ccc(Cl)cc3s2)c1. The number of rotatable bonds is 4. The van der Waals surface area contributed by atoms with E-state index in [2.05, 4.69) is 10.3 Å². The summed E-state index contributed by atoms with van der Waals surface area (Å²) in [5.41, 5.74) is 1.77. The van der Waals surface area contributed by atoms with Crippen molar-refractivity contribution in [3.05, 3.63) is 52.5 Å². The van der Waals surface area contributed by atoms with Gasteiger partial charge in [-0.1, -0.05) is 22.9 Å². The van der Waals surface area contributed by atoms with Crippen LogP contribution in [0.2, 0.25) is 5.02 Å². The number of nitrogens with one attached hydrogen (secondary N) is 1. The molecule has 0 unspecified atom stereocenters. The smallest absolute Gasteiger partial charge is 0.339 e. The third-order valence-electron chi connectivity index (χ3n) is 3.44. The van der Waals surface area contributed by atoms with Gasteiger partial charge in [0.15, 0.2) is 5.13 Å². The summed E-state index contributed by atoms with van der Waals surface area (Å²) in [6, 6.07) is 9.91. The molecule has 0 saturated heterocycles. The van der Waals surface area contributed by atoms with E-state index in [9.17, 15) is 9.59 Å². The highest BCUT2D eigenvalue weighted by Gasteiger charge is 2.17. The Bertz CT molecular complexity index is 970. The summed E-state index contributed by atoms with van der Waals surface area (Å²) in [7, 11) is 2.58. The minimum absolute atomic E-state index is 0.285. The zero-order valence-corrected chi connectivity index (χ0v) is 14.9. The van der Waals surface area contributed by atoms with Crippen molar-refractivity contribution in [3.63, 3.8) is 0 Å². The number of ether oxygens (including phenoxy) is 2. The van der Waals surface area contributed by atoms with E-state index in [0.29, 0.717) is 21.4 Å². The van der Waals surface area contributed by atoms with Crippen molar-refractivity contribution < 1.29 is 19.1 Å². The number of nitrogens with zero attached hydrogens (tertiary/aromatic N) is 1. The summed E-state index contributed by atoms with van der Waals surface area (Å²) >= 11 is 7.37. The number of hydrogen-bond donors (Lipinski definition) is 1. The predicted molar refractivity (Wildman–Crippen MR) is 97.0 cm³/mol. The maximum Gasteiger partial charge on any atom is 0.339 e. The topological polar surface area (TPSA) is 77.5 Å². The van der Waals surface area contributed by atoms with Crippen LogP contribution in [0.1, 0.15) is 20.7 Å². The van der Waals surface area contributed by atoms with Crippen molar-refractivity contribution >= 4 is 55.9 Å². The van der Waals surface area contributed by atoms with Gasteiger partial charge >= 0.3 is 11.9 Å². The minimum atomic E-state index is -0.525. The molecule has 128 valence electrons. The highest BCUT2D eigenvalue weighted by atomic mass is 35.5. The van der Waals surface area contributed by atoms with Gasteiger partial charge in [0.05, 0.1) is 41.3 Å². The Kier molecular flexibility index (Phi) is 4.87. The fourth-order valence-electron chi connectivity index (χ4n) is 2.25. The van der Waals surface area contributed by atoms with Crippen LogP contribution in [0, 0.1) is 0 Å². The Hall–Kier alpha value is -2.64. The summed E-state index contributed by atoms with van der Waals surface area (Å²) < 4.78 is 10.4. The van der Waals surface area contributed by atoms with Gasteiger partial charge in [0.2, 0.25) is 0 Å². The van der Waals surface area contributed by atoms with Gasteiger partial charge in [-0.05, 0) is 36.4 Å². The van der Waals surface area contributed by atoms with Crippen LogP contribution in [-0.2, 0) is 9.47 Å². The van der Waals surface area contributed by atoms with Crippen molar-refractivity contribution in [2.24, 2.45) is 0 Å². The molecule has 0 atom stereocenters. The first-order valence-corrected chi connectivity index (χ1v) is 8.35. The van der Waals surface area contributed by atoms with Gasteiger partial charge in [-0.3, -0.25) is 0 Å². The highest BCUT2D eigenvalue weighted by molar-refractivity contribution is 7.22. The first kappa shape index (κ1) is 17.2. The third-order valence-corrected chi connectivity index (χ3v) is 4.61. The van der Waals surface area contributed by atoms with E-state index >= 15 is 0 Å². The zero-order valence-electron chi connectivity index (χ0n) is 13.3. The summed E-state index contributed by atoms with van der Waals surface area (Å²) in [6.45, 7) is 0. The molecule has 1 heterocycles. The first-order valence-electron chi connectivity index (χ1n) is 7.15. The van der Waals surface area contributed by atoms with Crippen molar-refractivity contribution in [1.82, 2.24) is 4.98 Å². The quantitative estimate of drug-likeness (QED) is 0.685. The van der Waals surface area contributed by atoms with Crippen LogP contribution >= 0.6 is 22.9 Å². The van der Waals surface area contributed by atoms with E-state index in [0.717, 1.165) is 10.2 Å². The van der Waals surface area contributed by atoms with Crippen LogP contribution in [0.25, 0.3) is 10.2 Å². The Morgan fingerprint density at radius 2 is 1.84 bits per heavy atom. The zero-order chi connectivity index (χ0) is 18.0. The Morgan fingerprint density at radius 3 is 2.56 bits per heavy atom. The second kappa shape index (κ2) is 7.08. The Morgan fingerprint density at radius 1 is 1.08 bits per heavy atom. The average Bonchev–Trinajstić information content (AvgIpc) is 3.01. The molecule has 2 aromatic carbocycles. The van der Waals surface area contributed by atoms with Crippen molar-refractivity contribution in [2.45, 2.75) is 0 Å². The lowest BCUT2D eigenvalue weighted by molar-refractivity contribution is 0.0587. The standard InChI is InChI=1S/C17H13ClN2O4S/c1-23-15(21)9-3-5-11(16(22)24-2)13(7-9)20-17-19-12-6-4-10(18)8-14(12)25-17/h3-8H,1-2H3,(H,19,20). The molecule has 25 heavy (non-hydrogen) atoms. The molecule has 3 aromatic rings. The molecule has 0 aliphatic rings. The second-order valence-electron chi connectivity index (χ2n) is 5.00. The number of halogens is 1. The molecule has 0 spiro atoms. The van der Waals surface area contributed by atoms with Crippen LogP contribution in [0.15, 0.2) is 36.4 Å². The van der Waals surface area contributed by atoms with Crippen LogP contribution in [0.3, 0.4) is 0 Å². The number of methoxy groups -OCH3 is 2. The van der Waals surface area contributed by atoms with Crippen molar-refractivity contribution in [1.29, 1.82) is 0 Å². The molecule has 0 fully saturated rings.